The number of amides is 2. The molecule has 9 heteroatoms. The van der Waals surface area contributed by atoms with E-state index in [-0.39, 0.29) is 10.2 Å². The van der Waals surface area contributed by atoms with Crippen LogP contribution in [0.3, 0.4) is 0 Å². The minimum absolute atomic E-state index is 0.207. The summed E-state index contributed by atoms with van der Waals surface area (Å²) < 4.78 is 27.8. The summed E-state index contributed by atoms with van der Waals surface area (Å²) in [6.07, 6.45) is 0. The number of sulfonamides is 1. The van der Waals surface area contributed by atoms with Crippen LogP contribution in [-0.4, -0.2) is 21.5 Å². The van der Waals surface area contributed by atoms with Gasteiger partial charge in [0.2, 0.25) is 0 Å². The number of anilines is 2. The number of halogens is 1. The van der Waals surface area contributed by atoms with Gasteiger partial charge >= 0.3 is 6.03 Å². The van der Waals surface area contributed by atoms with E-state index in [1.54, 1.807) is 24.3 Å². The Morgan fingerprint density at radius 1 is 1.19 bits per heavy atom. The van der Waals surface area contributed by atoms with Gasteiger partial charge in [0.15, 0.2) is 0 Å². The molecule has 1 aromatic carbocycles. The zero-order valence-electron chi connectivity index (χ0n) is 10.9. The number of hydrogen-bond donors (Lipinski definition) is 3. The van der Waals surface area contributed by atoms with Gasteiger partial charge in [-0.2, -0.15) is 0 Å². The zero-order valence-corrected chi connectivity index (χ0v) is 14.1. The molecule has 2 amide bonds. The van der Waals surface area contributed by atoms with Crippen molar-refractivity contribution in [1.29, 1.82) is 0 Å². The van der Waals surface area contributed by atoms with Crippen molar-refractivity contribution in [2.45, 2.75) is 4.21 Å². The summed E-state index contributed by atoms with van der Waals surface area (Å²) in [4.78, 5) is 11.2. The first kappa shape index (κ1) is 15.8. The van der Waals surface area contributed by atoms with Crippen LogP contribution in [-0.2, 0) is 10.0 Å². The van der Waals surface area contributed by atoms with E-state index < -0.39 is 10.0 Å². The average Bonchev–Trinajstić information content (AvgIpc) is 2.86. The van der Waals surface area contributed by atoms with Crippen LogP contribution >= 0.6 is 27.3 Å². The Hall–Kier alpha value is -1.58. The molecule has 0 aliphatic carbocycles. The van der Waals surface area contributed by atoms with Crippen LogP contribution in [0.5, 0.6) is 0 Å². The molecule has 0 fully saturated rings. The number of benzene rings is 1. The van der Waals surface area contributed by atoms with Crippen LogP contribution < -0.4 is 15.4 Å². The SMILES string of the molecule is CNC(=O)Nc1cccc(NS(=O)(=O)c2ccc(Br)s2)c1. The molecule has 0 atom stereocenters. The van der Waals surface area contributed by atoms with Crippen LogP contribution in [0.1, 0.15) is 0 Å². The lowest BCUT2D eigenvalue weighted by Crippen LogP contribution is -2.24. The summed E-state index contributed by atoms with van der Waals surface area (Å²) in [5.74, 6) is 0. The molecule has 6 nitrogen and oxygen atoms in total. The van der Waals surface area contributed by atoms with E-state index in [0.717, 1.165) is 15.1 Å². The lowest BCUT2D eigenvalue weighted by Gasteiger charge is -2.09. The molecule has 3 N–H and O–H groups in total. The van der Waals surface area contributed by atoms with Gasteiger partial charge in [0, 0.05) is 12.7 Å². The molecule has 2 aromatic rings. The third kappa shape index (κ3) is 4.19. The molecule has 1 aromatic heterocycles. The fraction of sp³-hybridized carbons (Fsp3) is 0.0833. The van der Waals surface area contributed by atoms with E-state index in [1.165, 1.54) is 19.2 Å². The molecule has 21 heavy (non-hydrogen) atoms. The maximum Gasteiger partial charge on any atom is 0.318 e. The highest BCUT2D eigenvalue weighted by molar-refractivity contribution is 9.11. The largest absolute Gasteiger partial charge is 0.341 e. The standard InChI is InChI=1S/C12H12BrN3O3S2/c1-14-12(17)15-8-3-2-4-9(7-8)16-21(18,19)11-6-5-10(13)20-11/h2-7,16H,1H3,(H2,14,15,17). The van der Waals surface area contributed by atoms with E-state index in [0.29, 0.717) is 11.4 Å². The van der Waals surface area contributed by atoms with Crippen LogP contribution in [0.25, 0.3) is 0 Å². The number of nitrogens with one attached hydrogen (secondary N) is 3. The zero-order chi connectivity index (χ0) is 15.5. The van der Waals surface area contributed by atoms with Crippen LogP contribution in [0, 0.1) is 0 Å². The predicted octanol–water partition coefficient (Wildman–Crippen LogP) is 3.06. The van der Waals surface area contributed by atoms with Crippen molar-refractivity contribution in [1.82, 2.24) is 5.32 Å². The summed E-state index contributed by atoms with van der Waals surface area (Å²) in [6, 6.07) is 9.26. The molecule has 2 rings (SSSR count). The van der Waals surface area contributed by atoms with Gasteiger partial charge in [0.1, 0.15) is 4.21 Å². The van der Waals surface area contributed by atoms with Crippen molar-refractivity contribution in [3.05, 3.63) is 40.2 Å². The van der Waals surface area contributed by atoms with Crippen molar-refractivity contribution in [2.75, 3.05) is 17.1 Å². The Kier molecular flexibility index (Phi) is 4.86. The van der Waals surface area contributed by atoms with Gasteiger partial charge < -0.3 is 10.6 Å². The maximum absolute atomic E-state index is 12.2. The summed E-state index contributed by atoms with van der Waals surface area (Å²) >= 11 is 4.35. The molecule has 0 unspecified atom stereocenters. The van der Waals surface area contributed by atoms with E-state index in [2.05, 4.69) is 31.3 Å². The fourth-order valence-electron chi connectivity index (χ4n) is 1.50. The van der Waals surface area contributed by atoms with Gasteiger partial charge in [-0.1, -0.05) is 6.07 Å². The Bertz CT molecular complexity index is 759. The number of thiophene rings is 1. The van der Waals surface area contributed by atoms with Crippen LogP contribution in [0.4, 0.5) is 16.2 Å². The molecule has 0 saturated carbocycles. The molecule has 0 saturated heterocycles. The summed E-state index contributed by atoms with van der Waals surface area (Å²) in [6.45, 7) is 0. The first-order chi connectivity index (χ1) is 9.90. The highest BCUT2D eigenvalue weighted by Crippen LogP contribution is 2.28. The van der Waals surface area contributed by atoms with E-state index >= 15 is 0 Å². The molecule has 0 spiro atoms. The smallest absolute Gasteiger partial charge is 0.318 e. The topological polar surface area (TPSA) is 87.3 Å². The van der Waals surface area contributed by atoms with E-state index in [4.69, 9.17) is 0 Å². The first-order valence-electron chi connectivity index (χ1n) is 5.77. The van der Waals surface area contributed by atoms with Gasteiger partial charge in [-0.05, 0) is 46.3 Å². The van der Waals surface area contributed by atoms with Crippen LogP contribution in [0.2, 0.25) is 0 Å². The Balaban J connectivity index is 2.19. The van der Waals surface area contributed by atoms with Gasteiger partial charge in [0.25, 0.3) is 10.0 Å². The second-order valence-electron chi connectivity index (χ2n) is 3.95. The van der Waals surface area contributed by atoms with E-state index in [1.807, 2.05) is 0 Å². The average molecular weight is 390 g/mol. The second-order valence-corrected chi connectivity index (χ2v) is 8.32. The highest BCUT2D eigenvalue weighted by Gasteiger charge is 2.16. The van der Waals surface area contributed by atoms with Gasteiger partial charge in [0.05, 0.1) is 9.47 Å². The molecule has 0 bridgehead atoms. The van der Waals surface area contributed by atoms with E-state index in [9.17, 15) is 13.2 Å². The van der Waals surface area contributed by atoms with Crippen molar-refractivity contribution in [3.63, 3.8) is 0 Å². The minimum atomic E-state index is -3.63. The van der Waals surface area contributed by atoms with Gasteiger partial charge in [-0.3, -0.25) is 4.72 Å². The van der Waals surface area contributed by atoms with Crippen LogP contribution in [0.15, 0.2) is 44.4 Å². The normalized spacial score (nSPS) is 11.0. The molecule has 112 valence electrons. The lowest BCUT2D eigenvalue weighted by molar-refractivity contribution is 0.254. The Morgan fingerprint density at radius 2 is 1.90 bits per heavy atom. The van der Waals surface area contributed by atoms with Crippen molar-refractivity contribution in [3.8, 4) is 0 Å². The number of carbonyl (C=O) groups excluding carboxylic acids is 1. The fourth-order valence-corrected chi connectivity index (χ4v) is 4.56. The van der Waals surface area contributed by atoms with Gasteiger partial charge in [-0.15, -0.1) is 11.3 Å². The molecular formula is C12H12BrN3O3S2. The monoisotopic (exact) mass is 389 g/mol. The van der Waals surface area contributed by atoms with Crippen molar-refractivity contribution < 1.29 is 13.2 Å². The van der Waals surface area contributed by atoms with Crippen molar-refractivity contribution >= 4 is 54.7 Å². The third-order valence-corrected chi connectivity index (χ3v) is 5.91. The molecular weight excluding hydrogens is 378 g/mol. The summed E-state index contributed by atoms with van der Waals surface area (Å²) in [5, 5.41) is 4.99. The predicted molar refractivity (Wildman–Crippen MR) is 87.3 cm³/mol. The maximum atomic E-state index is 12.2. The Morgan fingerprint density at radius 3 is 2.52 bits per heavy atom. The van der Waals surface area contributed by atoms with Crippen molar-refractivity contribution in [2.24, 2.45) is 0 Å². The number of urea groups is 1. The summed E-state index contributed by atoms with van der Waals surface area (Å²) in [7, 11) is -2.14. The highest BCUT2D eigenvalue weighted by atomic mass is 79.9. The molecule has 0 aliphatic rings. The molecule has 0 aliphatic heterocycles. The minimum Gasteiger partial charge on any atom is -0.341 e. The molecule has 0 radical (unpaired) electrons. The third-order valence-electron chi connectivity index (χ3n) is 2.41. The summed E-state index contributed by atoms with van der Waals surface area (Å²) in [5.41, 5.74) is 0.857. The van der Waals surface area contributed by atoms with Gasteiger partial charge in [-0.25, -0.2) is 13.2 Å². The number of hydrogen-bond acceptors (Lipinski definition) is 4. The quantitative estimate of drug-likeness (QED) is 0.750. The number of carbonyl (C=O) groups is 1. The lowest BCUT2D eigenvalue weighted by atomic mass is 10.3. The second kappa shape index (κ2) is 6.46. The molecule has 1 heterocycles. The first-order valence-corrected chi connectivity index (χ1v) is 8.87. The Labute approximate surface area is 134 Å². The number of rotatable bonds is 4.